The summed E-state index contributed by atoms with van der Waals surface area (Å²) in [6.45, 7) is 0. The molecule has 2 rings (SSSR count). The molecule has 2 amide bonds. The molecule has 0 aromatic heterocycles. The van der Waals surface area contributed by atoms with Crippen molar-refractivity contribution in [2.45, 2.75) is 0 Å². The summed E-state index contributed by atoms with van der Waals surface area (Å²) in [4.78, 5) is 23.9. The van der Waals surface area contributed by atoms with E-state index in [1.807, 2.05) is 0 Å². The van der Waals surface area contributed by atoms with Gasteiger partial charge >= 0.3 is 0 Å². The van der Waals surface area contributed by atoms with Crippen molar-refractivity contribution >= 4 is 39.1 Å². The smallest absolute Gasteiger partial charge is 0.269 e. The van der Waals surface area contributed by atoms with E-state index >= 15 is 0 Å². The highest BCUT2D eigenvalue weighted by molar-refractivity contribution is 7.92. The lowest BCUT2D eigenvalue weighted by molar-refractivity contribution is 0.0846. The van der Waals surface area contributed by atoms with Crippen LogP contribution in [0.5, 0.6) is 0 Å². The van der Waals surface area contributed by atoms with Gasteiger partial charge < -0.3 is 0 Å². The Bertz CT molecular complexity index is 917. The summed E-state index contributed by atoms with van der Waals surface area (Å²) in [7, 11) is -3.57. The van der Waals surface area contributed by atoms with Gasteiger partial charge in [0.1, 0.15) is 5.82 Å². The monoisotopic (exact) mass is 385 g/mol. The number of carbonyl (C=O) groups is 2. The van der Waals surface area contributed by atoms with Gasteiger partial charge in [0.15, 0.2) is 0 Å². The maximum atomic E-state index is 12.8. The van der Waals surface area contributed by atoms with Crippen LogP contribution in [0.3, 0.4) is 0 Å². The maximum absolute atomic E-state index is 12.8. The van der Waals surface area contributed by atoms with Crippen LogP contribution in [0.4, 0.5) is 10.1 Å². The Labute approximate surface area is 148 Å². The van der Waals surface area contributed by atoms with Gasteiger partial charge in [-0.1, -0.05) is 11.6 Å². The van der Waals surface area contributed by atoms with Crippen LogP contribution in [0.1, 0.15) is 20.7 Å². The van der Waals surface area contributed by atoms with Crippen molar-refractivity contribution in [1.29, 1.82) is 0 Å². The first-order valence-corrected chi connectivity index (χ1v) is 9.06. The summed E-state index contributed by atoms with van der Waals surface area (Å²) >= 11 is 5.87. The summed E-state index contributed by atoms with van der Waals surface area (Å²) in [5.41, 5.74) is 4.58. The number of nitrogens with one attached hydrogen (secondary N) is 3. The lowest BCUT2D eigenvalue weighted by atomic mass is 10.2. The number of carbonyl (C=O) groups excluding carboxylic acids is 2. The minimum atomic E-state index is -3.57. The van der Waals surface area contributed by atoms with Crippen molar-refractivity contribution < 1.29 is 22.4 Å². The number of anilines is 1. The fraction of sp³-hybridized carbons (Fsp3) is 0.0667. The summed E-state index contributed by atoms with van der Waals surface area (Å²) in [5.74, 6) is -1.83. The summed E-state index contributed by atoms with van der Waals surface area (Å²) in [5, 5.41) is 0.109. The molecule has 0 aliphatic carbocycles. The predicted molar refractivity (Wildman–Crippen MR) is 91.3 cm³/mol. The Morgan fingerprint density at radius 1 is 0.960 bits per heavy atom. The minimum absolute atomic E-state index is 0.0293. The fourth-order valence-corrected chi connectivity index (χ4v) is 2.59. The summed E-state index contributed by atoms with van der Waals surface area (Å²) in [6.07, 6.45) is 0.943. The zero-order valence-electron chi connectivity index (χ0n) is 12.8. The maximum Gasteiger partial charge on any atom is 0.269 e. The van der Waals surface area contributed by atoms with Crippen LogP contribution in [-0.4, -0.2) is 26.5 Å². The van der Waals surface area contributed by atoms with E-state index < -0.39 is 27.7 Å². The molecule has 0 spiro atoms. The second-order valence-corrected chi connectivity index (χ2v) is 7.14. The van der Waals surface area contributed by atoms with Crippen molar-refractivity contribution in [1.82, 2.24) is 10.9 Å². The number of sulfonamides is 1. The number of benzene rings is 2. The molecule has 132 valence electrons. The highest BCUT2D eigenvalue weighted by Gasteiger charge is 2.13. The van der Waals surface area contributed by atoms with Gasteiger partial charge in [0.05, 0.1) is 17.0 Å². The van der Waals surface area contributed by atoms with Gasteiger partial charge in [-0.3, -0.25) is 25.2 Å². The highest BCUT2D eigenvalue weighted by Crippen LogP contribution is 2.23. The molecule has 2 aromatic carbocycles. The average molecular weight is 386 g/mol. The summed E-state index contributed by atoms with van der Waals surface area (Å²) < 4.78 is 37.5. The summed E-state index contributed by atoms with van der Waals surface area (Å²) in [6, 6.07) is 8.66. The molecule has 0 aliphatic rings. The van der Waals surface area contributed by atoms with Crippen molar-refractivity contribution in [2.24, 2.45) is 0 Å². The van der Waals surface area contributed by atoms with Gasteiger partial charge in [-0.2, -0.15) is 0 Å². The molecule has 0 aliphatic heterocycles. The number of hydrazine groups is 1. The molecule has 0 saturated carbocycles. The highest BCUT2D eigenvalue weighted by atomic mass is 35.5. The van der Waals surface area contributed by atoms with Crippen LogP contribution in [0.2, 0.25) is 5.02 Å². The molecule has 0 atom stereocenters. The van der Waals surface area contributed by atoms with Crippen molar-refractivity contribution in [3.05, 3.63) is 64.4 Å². The molecular formula is C15H13ClFN3O4S. The van der Waals surface area contributed by atoms with Crippen LogP contribution in [0.25, 0.3) is 0 Å². The Balaban J connectivity index is 2.06. The zero-order valence-corrected chi connectivity index (χ0v) is 14.4. The van der Waals surface area contributed by atoms with Crippen LogP contribution in [0, 0.1) is 5.82 Å². The number of rotatable bonds is 4. The van der Waals surface area contributed by atoms with Gasteiger partial charge in [-0.25, -0.2) is 12.8 Å². The van der Waals surface area contributed by atoms with Crippen LogP contribution in [-0.2, 0) is 10.0 Å². The van der Waals surface area contributed by atoms with Crippen molar-refractivity contribution in [2.75, 3.05) is 11.0 Å². The first kappa shape index (κ1) is 18.7. The molecule has 7 nitrogen and oxygen atoms in total. The van der Waals surface area contributed by atoms with Crippen molar-refractivity contribution in [3.8, 4) is 0 Å². The zero-order chi connectivity index (χ0) is 18.6. The first-order chi connectivity index (χ1) is 11.7. The van der Waals surface area contributed by atoms with Gasteiger partial charge in [0, 0.05) is 11.1 Å². The molecule has 3 N–H and O–H groups in total. The van der Waals surface area contributed by atoms with Crippen LogP contribution in [0.15, 0.2) is 42.5 Å². The van der Waals surface area contributed by atoms with Crippen LogP contribution < -0.4 is 15.6 Å². The predicted octanol–water partition coefficient (Wildman–Crippen LogP) is 1.93. The second-order valence-electron chi connectivity index (χ2n) is 4.98. The molecule has 2 aromatic rings. The molecular weight excluding hydrogens is 373 g/mol. The van der Waals surface area contributed by atoms with E-state index in [2.05, 4.69) is 15.6 Å². The van der Waals surface area contributed by atoms with E-state index in [0.29, 0.717) is 0 Å². The Kier molecular flexibility index (Phi) is 5.60. The van der Waals surface area contributed by atoms with Gasteiger partial charge in [-0.15, -0.1) is 0 Å². The molecule has 10 heteroatoms. The van der Waals surface area contributed by atoms with E-state index in [4.69, 9.17) is 11.6 Å². The molecule has 0 heterocycles. The van der Waals surface area contributed by atoms with Gasteiger partial charge in [0.2, 0.25) is 10.0 Å². The molecule has 0 bridgehead atoms. The fourth-order valence-electron chi connectivity index (χ4n) is 1.80. The lowest BCUT2D eigenvalue weighted by Gasteiger charge is -2.10. The Morgan fingerprint density at radius 3 is 2.04 bits per heavy atom. The quantitative estimate of drug-likeness (QED) is 0.699. The average Bonchev–Trinajstić information content (AvgIpc) is 2.53. The molecule has 0 fully saturated rings. The van der Waals surface area contributed by atoms with Crippen molar-refractivity contribution in [3.63, 3.8) is 0 Å². The third-order valence-electron chi connectivity index (χ3n) is 2.92. The van der Waals surface area contributed by atoms with Gasteiger partial charge in [-0.05, 0) is 42.5 Å². The lowest BCUT2D eigenvalue weighted by Crippen LogP contribution is -2.41. The topological polar surface area (TPSA) is 104 Å². The van der Waals surface area contributed by atoms with E-state index in [1.165, 1.54) is 30.3 Å². The standard InChI is InChI=1S/C15H13ClFN3O4S/c1-25(23,24)20-13-8-10(4-7-12(13)16)15(22)19-18-14(21)9-2-5-11(17)6-3-9/h2-8,20H,1H3,(H,18,21)(H,19,22). The van der Waals surface area contributed by atoms with Gasteiger partial charge in [0.25, 0.3) is 11.8 Å². The second kappa shape index (κ2) is 7.49. The largest absolute Gasteiger partial charge is 0.282 e. The third kappa shape index (κ3) is 5.44. The third-order valence-corrected chi connectivity index (χ3v) is 3.84. The molecule has 25 heavy (non-hydrogen) atoms. The van der Waals surface area contributed by atoms with E-state index in [-0.39, 0.29) is 21.8 Å². The molecule has 0 unspecified atom stereocenters. The first-order valence-electron chi connectivity index (χ1n) is 6.79. The van der Waals surface area contributed by atoms with E-state index in [0.717, 1.165) is 18.4 Å². The minimum Gasteiger partial charge on any atom is -0.282 e. The SMILES string of the molecule is CS(=O)(=O)Nc1cc(C(=O)NNC(=O)c2ccc(F)cc2)ccc1Cl. The number of amides is 2. The number of hydrogen-bond acceptors (Lipinski definition) is 4. The van der Waals surface area contributed by atoms with Crippen LogP contribution >= 0.6 is 11.6 Å². The van der Waals surface area contributed by atoms with E-state index in [1.54, 1.807) is 0 Å². The molecule has 0 saturated heterocycles. The molecule has 0 radical (unpaired) electrons. The van der Waals surface area contributed by atoms with E-state index in [9.17, 15) is 22.4 Å². The normalized spacial score (nSPS) is 10.8. The Morgan fingerprint density at radius 2 is 1.48 bits per heavy atom. The number of halogens is 2. The number of hydrogen-bond donors (Lipinski definition) is 3. The Hall–Kier alpha value is -2.65.